The molecular formula is C19H22N4OS. The largest absolute Gasteiger partial charge is 0.342 e. The lowest BCUT2D eigenvalue weighted by atomic mass is 9.98. The van der Waals surface area contributed by atoms with Crippen LogP contribution in [0.1, 0.15) is 35.1 Å². The molecule has 1 aliphatic rings. The lowest BCUT2D eigenvalue weighted by molar-refractivity contribution is -0.132. The molecule has 3 aromatic rings. The van der Waals surface area contributed by atoms with E-state index >= 15 is 0 Å². The Morgan fingerprint density at radius 3 is 3.04 bits per heavy atom. The van der Waals surface area contributed by atoms with Crippen molar-refractivity contribution in [3.05, 3.63) is 46.5 Å². The molecular weight excluding hydrogens is 332 g/mol. The van der Waals surface area contributed by atoms with Gasteiger partial charge in [-0.25, -0.2) is 4.98 Å². The molecule has 25 heavy (non-hydrogen) atoms. The van der Waals surface area contributed by atoms with Gasteiger partial charge >= 0.3 is 0 Å². The molecule has 1 aliphatic heterocycles. The molecule has 0 N–H and O–H groups in total. The first-order valence-corrected chi connectivity index (χ1v) is 9.63. The zero-order valence-corrected chi connectivity index (χ0v) is 15.2. The second kappa shape index (κ2) is 6.96. The van der Waals surface area contributed by atoms with Gasteiger partial charge in [0.1, 0.15) is 0 Å². The highest BCUT2D eigenvalue weighted by Gasteiger charge is 2.26. The van der Waals surface area contributed by atoms with Crippen molar-refractivity contribution in [1.29, 1.82) is 0 Å². The Kier molecular flexibility index (Phi) is 4.53. The van der Waals surface area contributed by atoms with E-state index < -0.39 is 0 Å². The summed E-state index contributed by atoms with van der Waals surface area (Å²) < 4.78 is 1.93. The number of thiazole rings is 1. The summed E-state index contributed by atoms with van der Waals surface area (Å²) >= 11 is 1.76. The molecule has 1 fully saturated rings. The second-order valence-electron chi connectivity index (χ2n) is 6.66. The predicted molar refractivity (Wildman–Crippen MR) is 99.8 cm³/mol. The van der Waals surface area contributed by atoms with Crippen LogP contribution in [0.15, 0.2) is 36.7 Å². The van der Waals surface area contributed by atoms with Gasteiger partial charge in [0.15, 0.2) is 0 Å². The summed E-state index contributed by atoms with van der Waals surface area (Å²) in [7, 11) is 0. The quantitative estimate of drug-likeness (QED) is 0.719. The van der Waals surface area contributed by atoms with Crippen LogP contribution in [0, 0.1) is 6.92 Å². The summed E-state index contributed by atoms with van der Waals surface area (Å²) in [4.78, 5) is 20.5. The molecule has 130 valence electrons. The summed E-state index contributed by atoms with van der Waals surface area (Å²) in [5.74, 6) is 0.611. The van der Waals surface area contributed by atoms with Crippen molar-refractivity contribution in [3.8, 4) is 0 Å². The molecule has 3 heterocycles. The topological polar surface area (TPSA) is 51.0 Å². The summed E-state index contributed by atoms with van der Waals surface area (Å²) in [6, 6.07) is 8.11. The van der Waals surface area contributed by atoms with Gasteiger partial charge in [0.25, 0.3) is 0 Å². The molecule has 0 spiro atoms. The third-order valence-corrected chi connectivity index (χ3v) is 5.93. The number of fused-ring (bicyclic) bond motifs is 1. The smallest absolute Gasteiger partial charge is 0.224 e. The van der Waals surface area contributed by atoms with Crippen molar-refractivity contribution in [2.24, 2.45) is 0 Å². The first-order chi connectivity index (χ1) is 12.2. The van der Waals surface area contributed by atoms with Crippen molar-refractivity contribution in [2.75, 3.05) is 13.1 Å². The minimum absolute atomic E-state index is 0.220. The van der Waals surface area contributed by atoms with E-state index in [9.17, 15) is 4.79 Å². The minimum atomic E-state index is 0.220. The molecule has 2 aromatic heterocycles. The van der Waals surface area contributed by atoms with Crippen LogP contribution in [-0.4, -0.2) is 38.7 Å². The monoisotopic (exact) mass is 354 g/mol. The van der Waals surface area contributed by atoms with Gasteiger partial charge in [-0.3, -0.25) is 9.48 Å². The Hall–Kier alpha value is -2.21. The lowest BCUT2D eigenvalue weighted by Gasteiger charge is -2.32. The van der Waals surface area contributed by atoms with E-state index in [1.54, 1.807) is 11.3 Å². The Morgan fingerprint density at radius 2 is 2.20 bits per heavy atom. The highest BCUT2D eigenvalue weighted by atomic mass is 32.1. The number of piperidine rings is 1. The number of benzene rings is 1. The maximum atomic E-state index is 12.7. The van der Waals surface area contributed by atoms with Gasteiger partial charge in [0.05, 0.1) is 23.3 Å². The minimum Gasteiger partial charge on any atom is -0.342 e. The predicted octanol–water partition coefficient (Wildman–Crippen LogP) is 3.60. The van der Waals surface area contributed by atoms with E-state index in [4.69, 9.17) is 0 Å². The van der Waals surface area contributed by atoms with Crippen LogP contribution in [0.2, 0.25) is 0 Å². The van der Waals surface area contributed by atoms with Crippen LogP contribution in [-0.2, 0) is 11.3 Å². The van der Waals surface area contributed by atoms with Gasteiger partial charge in [-0.05, 0) is 25.8 Å². The number of carbonyl (C=O) groups is 1. The zero-order chi connectivity index (χ0) is 17.2. The molecule has 0 unspecified atom stereocenters. The van der Waals surface area contributed by atoms with E-state index in [1.807, 2.05) is 40.2 Å². The summed E-state index contributed by atoms with van der Waals surface area (Å²) in [6.45, 7) is 4.37. The molecule has 0 saturated carbocycles. The molecule has 0 radical (unpaired) electrons. The van der Waals surface area contributed by atoms with E-state index in [0.29, 0.717) is 18.9 Å². The number of aryl methyl sites for hydroxylation is 2. The third-order valence-electron chi connectivity index (χ3n) is 4.85. The van der Waals surface area contributed by atoms with E-state index in [-0.39, 0.29) is 5.91 Å². The maximum Gasteiger partial charge on any atom is 0.224 e. The van der Waals surface area contributed by atoms with Crippen molar-refractivity contribution < 1.29 is 4.79 Å². The number of aromatic nitrogens is 3. The molecule has 0 bridgehead atoms. The molecule has 6 heteroatoms. The number of likely N-dealkylation sites (tertiary alicyclic amines) is 1. The fraction of sp³-hybridized carbons (Fsp3) is 0.421. The maximum absolute atomic E-state index is 12.7. The highest BCUT2D eigenvalue weighted by molar-refractivity contribution is 7.11. The van der Waals surface area contributed by atoms with Gasteiger partial charge < -0.3 is 4.90 Å². The Bertz CT molecular complexity index is 884. The second-order valence-corrected chi connectivity index (χ2v) is 7.93. The van der Waals surface area contributed by atoms with Crippen LogP contribution < -0.4 is 0 Å². The van der Waals surface area contributed by atoms with Crippen LogP contribution in [0.3, 0.4) is 0 Å². The summed E-state index contributed by atoms with van der Waals surface area (Å²) in [6.07, 6.45) is 6.47. The van der Waals surface area contributed by atoms with Gasteiger partial charge in [0, 0.05) is 41.9 Å². The normalized spacial score (nSPS) is 18.0. The summed E-state index contributed by atoms with van der Waals surface area (Å²) in [5, 5.41) is 6.71. The Balaban J connectivity index is 1.39. The zero-order valence-electron chi connectivity index (χ0n) is 14.4. The number of carbonyl (C=O) groups excluding carboxylic acids is 1. The average Bonchev–Trinajstić information content (AvgIpc) is 3.26. The van der Waals surface area contributed by atoms with Crippen molar-refractivity contribution >= 4 is 28.1 Å². The number of nitrogens with zero attached hydrogens (tertiary/aromatic N) is 4. The molecule has 1 atom stereocenters. The van der Waals surface area contributed by atoms with Crippen LogP contribution in [0.5, 0.6) is 0 Å². The molecule has 1 aromatic carbocycles. The average molecular weight is 354 g/mol. The van der Waals surface area contributed by atoms with Crippen molar-refractivity contribution in [3.63, 3.8) is 0 Å². The van der Waals surface area contributed by atoms with Gasteiger partial charge in [-0.15, -0.1) is 11.3 Å². The number of amides is 1. The van der Waals surface area contributed by atoms with E-state index in [2.05, 4.69) is 23.1 Å². The highest BCUT2D eigenvalue weighted by Crippen LogP contribution is 2.30. The third kappa shape index (κ3) is 3.44. The SMILES string of the molecule is Cc1cnc([C@H]2CCCN(C(=O)CCn3ncc4ccccc43)C2)s1. The number of hydrogen-bond donors (Lipinski definition) is 0. The fourth-order valence-electron chi connectivity index (χ4n) is 3.53. The van der Waals surface area contributed by atoms with E-state index in [1.165, 1.54) is 9.88 Å². The van der Waals surface area contributed by atoms with E-state index in [0.717, 1.165) is 36.8 Å². The molecule has 0 aliphatic carbocycles. The Morgan fingerprint density at radius 1 is 1.32 bits per heavy atom. The number of rotatable bonds is 4. The van der Waals surface area contributed by atoms with Crippen LogP contribution in [0.25, 0.3) is 10.9 Å². The first kappa shape index (κ1) is 16.3. The van der Waals surface area contributed by atoms with Gasteiger partial charge in [-0.1, -0.05) is 18.2 Å². The summed E-state index contributed by atoms with van der Waals surface area (Å²) in [5.41, 5.74) is 1.09. The molecule has 4 rings (SSSR count). The fourth-order valence-corrected chi connectivity index (χ4v) is 4.43. The van der Waals surface area contributed by atoms with Crippen molar-refractivity contribution in [1.82, 2.24) is 19.7 Å². The lowest BCUT2D eigenvalue weighted by Crippen LogP contribution is -2.39. The molecule has 1 saturated heterocycles. The van der Waals surface area contributed by atoms with Gasteiger partial charge in [-0.2, -0.15) is 5.10 Å². The van der Waals surface area contributed by atoms with Crippen molar-refractivity contribution in [2.45, 2.75) is 38.6 Å². The molecule has 1 amide bonds. The number of para-hydroxylation sites is 1. The molecule has 5 nitrogen and oxygen atoms in total. The number of hydrogen-bond acceptors (Lipinski definition) is 4. The van der Waals surface area contributed by atoms with Crippen LogP contribution >= 0.6 is 11.3 Å². The van der Waals surface area contributed by atoms with Crippen LogP contribution in [0.4, 0.5) is 0 Å². The first-order valence-electron chi connectivity index (χ1n) is 8.81. The Labute approximate surface area is 151 Å². The standard InChI is InChI=1S/C19H22N4OS/c1-14-11-20-19(25-14)16-6-4-9-22(13-16)18(24)8-10-23-17-7-3-2-5-15(17)12-21-23/h2-3,5,7,11-12,16H,4,6,8-10,13H2,1H3/t16-/m0/s1. The van der Waals surface area contributed by atoms with Gasteiger partial charge in [0.2, 0.25) is 5.91 Å².